The molecule has 2 rings (SSSR count). The molecule has 4 heteroatoms. The lowest BCUT2D eigenvalue weighted by Gasteiger charge is -2.38. The third-order valence-corrected chi connectivity index (χ3v) is 4.13. The van der Waals surface area contributed by atoms with Gasteiger partial charge in [0.1, 0.15) is 6.07 Å². The maximum atomic E-state index is 10.2. The zero-order valence-corrected chi connectivity index (χ0v) is 11.6. The average molecular weight is 262 g/mol. The second kappa shape index (κ2) is 5.21. The van der Waals surface area contributed by atoms with E-state index >= 15 is 0 Å². The van der Waals surface area contributed by atoms with Gasteiger partial charge in [-0.1, -0.05) is 6.07 Å². The fourth-order valence-corrected chi connectivity index (χ4v) is 3.06. The third kappa shape index (κ3) is 2.63. The minimum Gasteiger partial charge on any atom is -0.388 e. The molecule has 1 unspecified atom stereocenters. The van der Waals surface area contributed by atoms with Gasteiger partial charge in [-0.05, 0) is 38.2 Å². The van der Waals surface area contributed by atoms with Crippen LogP contribution in [-0.2, 0) is 0 Å². The van der Waals surface area contributed by atoms with Crippen molar-refractivity contribution in [3.05, 3.63) is 23.8 Å². The highest BCUT2D eigenvalue weighted by Crippen LogP contribution is 2.32. The molecule has 18 heavy (non-hydrogen) atoms. The summed E-state index contributed by atoms with van der Waals surface area (Å²) in [5.41, 5.74) is 1.02. The van der Waals surface area contributed by atoms with E-state index in [1.165, 1.54) is 0 Å². The molecule has 1 saturated heterocycles. The molecule has 1 N–H and O–H groups in total. The lowest BCUT2D eigenvalue weighted by atomic mass is 9.94. The van der Waals surface area contributed by atoms with Crippen LogP contribution in [0.2, 0.25) is 0 Å². The van der Waals surface area contributed by atoms with Gasteiger partial charge in [-0.3, -0.25) is 0 Å². The van der Waals surface area contributed by atoms with Crippen LogP contribution in [0.3, 0.4) is 0 Å². The zero-order chi connectivity index (χ0) is 13.2. The number of thioether (sulfide) groups is 1. The summed E-state index contributed by atoms with van der Waals surface area (Å²) in [5, 5.41) is 19.5. The molecule has 0 saturated carbocycles. The van der Waals surface area contributed by atoms with Crippen LogP contribution in [0.4, 0.5) is 5.69 Å². The molecular weight excluding hydrogens is 244 g/mol. The minimum absolute atomic E-state index is 0.597. The molecule has 1 heterocycles. The van der Waals surface area contributed by atoms with Crippen molar-refractivity contribution in [3.63, 3.8) is 0 Å². The smallest absolute Gasteiger partial charge is 0.103 e. The van der Waals surface area contributed by atoms with Gasteiger partial charge in [-0.15, -0.1) is 11.8 Å². The van der Waals surface area contributed by atoms with E-state index in [9.17, 15) is 10.4 Å². The second-order valence-electron chi connectivity index (χ2n) is 4.99. The van der Waals surface area contributed by atoms with Crippen LogP contribution in [-0.4, -0.2) is 30.1 Å². The van der Waals surface area contributed by atoms with Gasteiger partial charge in [-0.25, -0.2) is 0 Å². The molecule has 1 aromatic carbocycles. The molecule has 1 aliphatic rings. The van der Waals surface area contributed by atoms with Crippen molar-refractivity contribution >= 4 is 17.4 Å². The zero-order valence-electron chi connectivity index (χ0n) is 10.8. The highest BCUT2D eigenvalue weighted by Gasteiger charge is 2.29. The standard InChI is InChI=1S/C14H18N2OS/c1-14(17)7-4-8-16(10-14)12-5-3-6-13(18-2)11(12)9-15/h3,5-6,17H,4,7-8,10H2,1-2H3. The van der Waals surface area contributed by atoms with Gasteiger partial charge in [0.15, 0.2) is 0 Å². The molecule has 0 aliphatic carbocycles. The van der Waals surface area contributed by atoms with Crippen LogP contribution in [0.1, 0.15) is 25.3 Å². The van der Waals surface area contributed by atoms with Gasteiger partial charge in [0.25, 0.3) is 0 Å². The van der Waals surface area contributed by atoms with Crippen molar-refractivity contribution in [1.82, 2.24) is 0 Å². The number of aliphatic hydroxyl groups is 1. The highest BCUT2D eigenvalue weighted by molar-refractivity contribution is 7.98. The summed E-state index contributed by atoms with van der Waals surface area (Å²) < 4.78 is 0. The Labute approximate surface area is 112 Å². The number of nitriles is 1. The quantitative estimate of drug-likeness (QED) is 0.832. The van der Waals surface area contributed by atoms with Crippen LogP contribution >= 0.6 is 11.8 Å². The highest BCUT2D eigenvalue weighted by atomic mass is 32.2. The Hall–Kier alpha value is -1.18. The third-order valence-electron chi connectivity index (χ3n) is 3.35. The Kier molecular flexibility index (Phi) is 3.84. The summed E-state index contributed by atoms with van der Waals surface area (Å²) in [5.74, 6) is 0. The molecule has 3 nitrogen and oxygen atoms in total. The number of rotatable bonds is 2. The SMILES string of the molecule is CSc1cccc(N2CCCC(C)(O)C2)c1C#N. The molecule has 0 aromatic heterocycles. The summed E-state index contributed by atoms with van der Waals surface area (Å²) >= 11 is 1.59. The fourth-order valence-electron chi connectivity index (χ4n) is 2.49. The van der Waals surface area contributed by atoms with Gasteiger partial charge in [0, 0.05) is 18.0 Å². The van der Waals surface area contributed by atoms with Crippen LogP contribution in [0.25, 0.3) is 0 Å². The normalized spacial score (nSPS) is 23.8. The molecule has 1 atom stereocenters. The van der Waals surface area contributed by atoms with Crippen LogP contribution < -0.4 is 4.90 Å². The average Bonchev–Trinajstić information content (AvgIpc) is 2.36. The van der Waals surface area contributed by atoms with Crippen LogP contribution in [0.15, 0.2) is 23.1 Å². The van der Waals surface area contributed by atoms with Crippen molar-refractivity contribution in [2.24, 2.45) is 0 Å². The largest absolute Gasteiger partial charge is 0.388 e. The van der Waals surface area contributed by atoms with E-state index in [1.807, 2.05) is 31.4 Å². The van der Waals surface area contributed by atoms with Crippen molar-refractivity contribution in [2.75, 3.05) is 24.2 Å². The summed E-state index contributed by atoms with van der Waals surface area (Å²) in [6.45, 7) is 3.37. The first-order valence-electron chi connectivity index (χ1n) is 6.12. The van der Waals surface area contributed by atoms with E-state index in [-0.39, 0.29) is 0 Å². The van der Waals surface area contributed by atoms with Gasteiger partial charge in [-0.2, -0.15) is 5.26 Å². The molecule has 1 fully saturated rings. The number of piperidine rings is 1. The van der Waals surface area contributed by atoms with Gasteiger partial charge in [0.2, 0.25) is 0 Å². The summed E-state index contributed by atoms with van der Waals surface area (Å²) in [7, 11) is 0. The van der Waals surface area contributed by atoms with Crippen molar-refractivity contribution < 1.29 is 5.11 Å². The minimum atomic E-state index is -0.652. The molecule has 0 radical (unpaired) electrons. The maximum Gasteiger partial charge on any atom is 0.103 e. The van der Waals surface area contributed by atoms with Crippen molar-refractivity contribution in [2.45, 2.75) is 30.3 Å². The molecule has 0 bridgehead atoms. The Morgan fingerprint density at radius 1 is 1.50 bits per heavy atom. The lowest BCUT2D eigenvalue weighted by Crippen LogP contribution is -2.46. The first-order valence-corrected chi connectivity index (χ1v) is 7.34. The molecule has 96 valence electrons. The number of anilines is 1. The number of hydrogen-bond acceptors (Lipinski definition) is 4. The van der Waals surface area contributed by atoms with Gasteiger partial charge >= 0.3 is 0 Å². The number of β-amino-alcohol motifs (C(OH)–C–C–N with tert-alkyl or cyclic N) is 1. The Balaban J connectivity index is 2.36. The fraction of sp³-hybridized carbons (Fsp3) is 0.500. The number of benzene rings is 1. The summed E-state index contributed by atoms with van der Waals surface area (Å²) in [6.07, 6.45) is 3.77. The summed E-state index contributed by atoms with van der Waals surface area (Å²) in [4.78, 5) is 3.13. The van der Waals surface area contributed by atoms with Crippen LogP contribution in [0, 0.1) is 11.3 Å². The van der Waals surface area contributed by atoms with E-state index in [4.69, 9.17) is 0 Å². The first-order chi connectivity index (χ1) is 8.57. The lowest BCUT2D eigenvalue weighted by molar-refractivity contribution is 0.0449. The van der Waals surface area contributed by atoms with E-state index in [0.717, 1.165) is 35.5 Å². The van der Waals surface area contributed by atoms with Crippen molar-refractivity contribution in [1.29, 1.82) is 5.26 Å². The monoisotopic (exact) mass is 262 g/mol. The topological polar surface area (TPSA) is 47.3 Å². The van der Waals surface area contributed by atoms with Gasteiger partial charge in [0.05, 0.1) is 16.9 Å². The number of hydrogen-bond donors (Lipinski definition) is 1. The molecule has 0 spiro atoms. The Morgan fingerprint density at radius 2 is 2.28 bits per heavy atom. The molecule has 1 aliphatic heterocycles. The van der Waals surface area contributed by atoms with Crippen LogP contribution in [0.5, 0.6) is 0 Å². The predicted octanol–water partition coefficient (Wildman–Crippen LogP) is 2.63. The maximum absolute atomic E-state index is 10.2. The first kappa shape index (κ1) is 13.3. The molecular formula is C14H18N2OS. The van der Waals surface area contributed by atoms with E-state index < -0.39 is 5.60 Å². The Bertz CT molecular complexity index is 479. The van der Waals surface area contributed by atoms with E-state index in [0.29, 0.717) is 6.54 Å². The second-order valence-corrected chi connectivity index (χ2v) is 5.84. The van der Waals surface area contributed by atoms with Gasteiger partial charge < -0.3 is 10.0 Å². The predicted molar refractivity (Wildman–Crippen MR) is 75.0 cm³/mol. The molecule has 0 amide bonds. The summed E-state index contributed by atoms with van der Waals surface area (Å²) in [6, 6.07) is 8.21. The van der Waals surface area contributed by atoms with E-state index in [1.54, 1.807) is 11.8 Å². The van der Waals surface area contributed by atoms with Crippen molar-refractivity contribution in [3.8, 4) is 6.07 Å². The number of nitrogens with zero attached hydrogens (tertiary/aromatic N) is 2. The van der Waals surface area contributed by atoms with E-state index in [2.05, 4.69) is 11.0 Å². The Morgan fingerprint density at radius 3 is 2.89 bits per heavy atom. The molecule has 1 aromatic rings.